The SMILES string of the molecule is Cc1cc(C)n(C[C@@H](C)n2cnc3sc4c(c3c2=O)CCNC4)n1. The van der Waals surface area contributed by atoms with Crippen LogP contribution in [0.2, 0.25) is 0 Å². The molecule has 0 saturated heterocycles. The summed E-state index contributed by atoms with van der Waals surface area (Å²) in [6, 6.07) is 2.06. The van der Waals surface area contributed by atoms with E-state index in [-0.39, 0.29) is 11.6 Å². The molecule has 0 amide bonds. The first-order valence-electron chi connectivity index (χ1n) is 8.27. The Morgan fingerprint density at radius 3 is 3.00 bits per heavy atom. The third-order valence-corrected chi connectivity index (χ3v) is 5.81. The Morgan fingerprint density at radius 2 is 2.25 bits per heavy atom. The minimum atomic E-state index is 0.00432. The Kier molecular flexibility index (Phi) is 3.77. The molecular formula is C17H21N5OS. The third-order valence-electron chi connectivity index (χ3n) is 4.67. The highest BCUT2D eigenvalue weighted by Crippen LogP contribution is 2.30. The van der Waals surface area contributed by atoms with Crippen molar-refractivity contribution in [2.75, 3.05) is 6.54 Å². The number of fused-ring (bicyclic) bond motifs is 3. The van der Waals surface area contributed by atoms with Crippen LogP contribution in [0, 0.1) is 13.8 Å². The quantitative estimate of drug-likeness (QED) is 0.792. The van der Waals surface area contributed by atoms with E-state index < -0.39 is 0 Å². The minimum absolute atomic E-state index is 0.00432. The van der Waals surface area contributed by atoms with Gasteiger partial charge in [-0.25, -0.2) is 4.98 Å². The fourth-order valence-electron chi connectivity index (χ4n) is 3.44. The standard InChI is InChI=1S/C17H21N5OS/c1-10-6-11(2)22(20-10)8-12(3)21-9-19-16-15(17(21)23)13-4-5-18-7-14(13)24-16/h6,9,12,18H,4-5,7-8H2,1-3H3/t12-/m1/s1. The molecule has 1 aliphatic rings. The zero-order chi connectivity index (χ0) is 16.8. The topological polar surface area (TPSA) is 64.7 Å². The van der Waals surface area contributed by atoms with E-state index in [2.05, 4.69) is 21.5 Å². The molecule has 0 spiro atoms. The van der Waals surface area contributed by atoms with Crippen molar-refractivity contribution in [1.82, 2.24) is 24.6 Å². The molecule has 24 heavy (non-hydrogen) atoms. The van der Waals surface area contributed by atoms with E-state index in [9.17, 15) is 4.79 Å². The lowest BCUT2D eigenvalue weighted by Crippen LogP contribution is -2.28. The zero-order valence-corrected chi connectivity index (χ0v) is 15.0. The van der Waals surface area contributed by atoms with Gasteiger partial charge in [0.25, 0.3) is 5.56 Å². The van der Waals surface area contributed by atoms with Crippen LogP contribution in [0.15, 0.2) is 17.2 Å². The molecule has 1 aliphatic heterocycles. The van der Waals surface area contributed by atoms with Crippen molar-refractivity contribution >= 4 is 21.6 Å². The first kappa shape index (κ1) is 15.5. The molecule has 0 aliphatic carbocycles. The molecule has 0 aromatic carbocycles. The highest BCUT2D eigenvalue weighted by atomic mass is 32.1. The maximum absolute atomic E-state index is 13.1. The Labute approximate surface area is 144 Å². The van der Waals surface area contributed by atoms with Crippen molar-refractivity contribution in [3.05, 3.63) is 44.6 Å². The number of nitrogens with one attached hydrogen (secondary N) is 1. The average molecular weight is 343 g/mol. The van der Waals surface area contributed by atoms with Crippen LogP contribution in [-0.2, 0) is 19.5 Å². The summed E-state index contributed by atoms with van der Waals surface area (Å²) in [7, 11) is 0. The molecule has 3 aromatic rings. The van der Waals surface area contributed by atoms with Crippen molar-refractivity contribution < 1.29 is 0 Å². The van der Waals surface area contributed by atoms with Gasteiger partial charge in [0.15, 0.2) is 0 Å². The molecule has 126 valence electrons. The largest absolute Gasteiger partial charge is 0.312 e. The van der Waals surface area contributed by atoms with Gasteiger partial charge < -0.3 is 5.32 Å². The number of nitrogens with zero attached hydrogens (tertiary/aromatic N) is 4. The Morgan fingerprint density at radius 1 is 1.42 bits per heavy atom. The smallest absolute Gasteiger partial charge is 0.262 e. The molecule has 6 nitrogen and oxygen atoms in total. The van der Waals surface area contributed by atoms with Crippen LogP contribution in [0.25, 0.3) is 10.2 Å². The van der Waals surface area contributed by atoms with E-state index in [0.717, 1.165) is 41.1 Å². The van der Waals surface area contributed by atoms with Crippen LogP contribution in [0.1, 0.15) is 34.8 Å². The zero-order valence-electron chi connectivity index (χ0n) is 14.2. The van der Waals surface area contributed by atoms with Crippen molar-refractivity contribution in [3.8, 4) is 0 Å². The number of hydrogen-bond donors (Lipinski definition) is 1. The van der Waals surface area contributed by atoms with Crippen molar-refractivity contribution in [3.63, 3.8) is 0 Å². The Bertz CT molecular complexity index is 967. The first-order chi connectivity index (χ1) is 11.5. The number of thiophene rings is 1. The van der Waals surface area contributed by atoms with Gasteiger partial charge in [0, 0.05) is 17.1 Å². The third kappa shape index (κ3) is 2.48. The van der Waals surface area contributed by atoms with Gasteiger partial charge in [-0.2, -0.15) is 5.10 Å². The Hall–Kier alpha value is -1.99. The summed E-state index contributed by atoms with van der Waals surface area (Å²) in [4.78, 5) is 19.7. The van der Waals surface area contributed by atoms with Crippen LogP contribution < -0.4 is 10.9 Å². The molecule has 0 bridgehead atoms. The summed E-state index contributed by atoms with van der Waals surface area (Å²) in [5.41, 5.74) is 3.38. The van der Waals surface area contributed by atoms with Gasteiger partial charge >= 0.3 is 0 Å². The van der Waals surface area contributed by atoms with Crippen LogP contribution >= 0.6 is 11.3 Å². The normalized spacial score (nSPS) is 15.6. The van der Waals surface area contributed by atoms with E-state index in [1.807, 2.05) is 25.5 Å². The molecule has 1 atom stereocenters. The molecule has 0 radical (unpaired) electrons. The lowest BCUT2D eigenvalue weighted by Gasteiger charge is -2.16. The second-order valence-corrected chi connectivity index (χ2v) is 7.61. The van der Waals surface area contributed by atoms with E-state index in [1.54, 1.807) is 22.2 Å². The van der Waals surface area contributed by atoms with Crippen molar-refractivity contribution in [2.45, 2.75) is 46.3 Å². The highest BCUT2D eigenvalue weighted by Gasteiger charge is 2.21. The number of hydrogen-bond acceptors (Lipinski definition) is 5. The summed E-state index contributed by atoms with van der Waals surface area (Å²) in [5, 5.41) is 8.68. The molecule has 0 saturated carbocycles. The van der Waals surface area contributed by atoms with E-state index >= 15 is 0 Å². The predicted octanol–water partition coefficient (Wildman–Crippen LogP) is 2.18. The number of rotatable bonds is 3. The van der Waals surface area contributed by atoms with Gasteiger partial charge in [0.1, 0.15) is 4.83 Å². The number of aromatic nitrogens is 4. The maximum Gasteiger partial charge on any atom is 0.262 e. The summed E-state index contributed by atoms with van der Waals surface area (Å²) >= 11 is 1.64. The number of aryl methyl sites for hydroxylation is 2. The molecule has 7 heteroatoms. The van der Waals surface area contributed by atoms with Crippen LogP contribution in [0.3, 0.4) is 0 Å². The van der Waals surface area contributed by atoms with Gasteiger partial charge in [-0.15, -0.1) is 11.3 Å². The fraction of sp³-hybridized carbons (Fsp3) is 0.471. The van der Waals surface area contributed by atoms with Gasteiger partial charge in [0.05, 0.1) is 30.0 Å². The molecular weight excluding hydrogens is 322 g/mol. The van der Waals surface area contributed by atoms with Gasteiger partial charge in [-0.3, -0.25) is 14.0 Å². The van der Waals surface area contributed by atoms with Crippen molar-refractivity contribution in [1.29, 1.82) is 0 Å². The molecule has 0 unspecified atom stereocenters. The predicted molar refractivity (Wildman–Crippen MR) is 95.7 cm³/mol. The van der Waals surface area contributed by atoms with E-state index in [0.29, 0.717) is 6.54 Å². The lowest BCUT2D eigenvalue weighted by atomic mass is 10.1. The van der Waals surface area contributed by atoms with E-state index in [4.69, 9.17) is 0 Å². The summed E-state index contributed by atoms with van der Waals surface area (Å²) in [5.74, 6) is 0. The van der Waals surface area contributed by atoms with Crippen LogP contribution in [0.4, 0.5) is 0 Å². The monoisotopic (exact) mass is 343 g/mol. The molecule has 4 rings (SSSR count). The van der Waals surface area contributed by atoms with Gasteiger partial charge in [-0.1, -0.05) is 0 Å². The van der Waals surface area contributed by atoms with Crippen molar-refractivity contribution in [2.24, 2.45) is 0 Å². The molecule has 4 heterocycles. The van der Waals surface area contributed by atoms with E-state index in [1.165, 1.54) is 10.4 Å². The summed E-state index contributed by atoms with van der Waals surface area (Å²) in [6.07, 6.45) is 2.60. The second-order valence-electron chi connectivity index (χ2n) is 6.53. The molecule has 0 fully saturated rings. The summed E-state index contributed by atoms with van der Waals surface area (Å²) < 4.78 is 3.72. The maximum atomic E-state index is 13.1. The minimum Gasteiger partial charge on any atom is -0.312 e. The second kappa shape index (κ2) is 5.82. The highest BCUT2D eigenvalue weighted by molar-refractivity contribution is 7.18. The summed E-state index contributed by atoms with van der Waals surface area (Å²) in [6.45, 7) is 8.51. The average Bonchev–Trinajstić information content (AvgIpc) is 3.07. The van der Waals surface area contributed by atoms with Gasteiger partial charge in [0.2, 0.25) is 0 Å². The van der Waals surface area contributed by atoms with Crippen LogP contribution in [0.5, 0.6) is 0 Å². The van der Waals surface area contributed by atoms with Gasteiger partial charge in [-0.05, 0) is 45.4 Å². The first-order valence-corrected chi connectivity index (χ1v) is 9.09. The Balaban J connectivity index is 1.75. The lowest BCUT2D eigenvalue weighted by molar-refractivity contribution is 0.419. The molecule has 3 aromatic heterocycles. The van der Waals surface area contributed by atoms with Crippen LogP contribution in [-0.4, -0.2) is 25.9 Å². The fourth-order valence-corrected chi connectivity index (χ4v) is 4.59. The molecule has 1 N–H and O–H groups in total.